The number of nitrogens with one attached hydrogen (secondary N) is 1. The lowest BCUT2D eigenvalue weighted by Gasteiger charge is -2.06. The molecular formula is C13H9Cl2NO2. The van der Waals surface area contributed by atoms with Gasteiger partial charge >= 0.3 is 0 Å². The smallest absolute Gasteiger partial charge is 0.255 e. The summed E-state index contributed by atoms with van der Waals surface area (Å²) in [5.74, 6) is -0.235. The molecule has 0 aliphatic heterocycles. The molecule has 5 heteroatoms. The van der Waals surface area contributed by atoms with Gasteiger partial charge in [0, 0.05) is 17.3 Å². The second-order valence-electron chi connectivity index (χ2n) is 3.63. The molecule has 3 nitrogen and oxygen atoms in total. The molecule has 0 bridgehead atoms. The predicted molar refractivity (Wildman–Crippen MR) is 72.5 cm³/mol. The van der Waals surface area contributed by atoms with E-state index in [0.717, 1.165) is 0 Å². The van der Waals surface area contributed by atoms with Crippen molar-refractivity contribution in [1.82, 2.24) is 0 Å². The summed E-state index contributed by atoms with van der Waals surface area (Å²) in [5, 5.41) is 12.6. The number of hydrogen-bond donors (Lipinski definition) is 2. The van der Waals surface area contributed by atoms with Crippen molar-refractivity contribution >= 4 is 34.8 Å². The molecule has 2 aromatic carbocycles. The minimum absolute atomic E-state index is 0.0851. The highest BCUT2D eigenvalue weighted by molar-refractivity contribution is 6.42. The molecular weight excluding hydrogens is 273 g/mol. The number of rotatable bonds is 2. The maximum Gasteiger partial charge on any atom is 0.255 e. The van der Waals surface area contributed by atoms with Crippen LogP contribution in [0, 0.1) is 0 Å². The van der Waals surface area contributed by atoms with Crippen LogP contribution in [0.5, 0.6) is 5.75 Å². The van der Waals surface area contributed by atoms with Gasteiger partial charge in [-0.15, -0.1) is 0 Å². The van der Waals surface area contributed by atoms with Crippen molar-refractivity contribution in [2.75, 3.05) is 5.32 Å². The molecule has 0 radical (unpaired) electrons. The van der Waals surface area contributed by atoms with E-state index in [-0.39, 0.29) is 11.7 Å². The molecule has 0 saturated carbocycles. The van der Waals surface area contributed by atoms with Crippen LogP contribution in [0.15, 0.2) is 42.5 Å². The maximum atomic E-state index is 11.9. The standard InChI is InChI=1S/C13H9Cl2NO2/c14-11-5-4-8(6-12(11)15)13(18)16-9-2-1-3-10(17)7-9/h1-7,17H,(H,16,18). The number of anilines is 1. The molecule has 0 unspecified atom stereocenters. The normalized spacial score (nSPS) is 10.1. The highest BCUT2D eigenvalue weighted by Gasteiger charge is 2.08. The largest absolute Gasteiger partial charge is 0.508 e. The van der Waals surface area contributed by atoms with Gasteiger partial charge in [-0.1, -0.05) is 29.3 Å². The van der Waals surface area contributed by atoms with Gasteiger partial charge in [0.15, 0.2) is 0 Å². The first-order valence-corrected chi connectivity index (χ1v) is 5.87. The van der Waals surface area contributed by atoms with Crippen LogP contribution in [0.2, 0.25) is 10.0 Å². The molecule has 0 aromatic heterocycles. The fourth-order valence-corrected chi connectivity index (χ4v) is 1.72. The van der Waals surface area contributed by atoms with Crippen molar-refractivity contribution in [2.24, 2.45) is 0 Å². The second-order valence-corrected chi connectivity index (χ2v) is 4.45. The Labute approximate surface area is 114 Å². The SMILES string of the molecule is O=C(Nc1cccc(O)c1)c1ccc(Cl)c(Cl)c1. The molecule has 2 N–H and O–H groups in total. The van der Waals surface area contributed by atoms with E-state index in [4.69, 9.17) is 23.2 Å². The molecule has 92 valence electrons. The summed E-state index contributed by atoms with van der Waals surface area (Å²) in [4.78, 5) is 11.9. The minimum Gasteiger partial charge on any atom is -0.508 e. The fraction of sp³-hybridized carbons (Fsp3) is 0. The zero-order chi connectivity index (χ0) is 13.1. The predicted octanol–water partition coefficient (Wildman–Crippen LogP) is 3.95. The van der Waals surface area contributed by atoms with Gasteiger partial charge in [0.2, 0.25) is 0 Å². The fourth-order valence-electron chi connectivity index (χ4n) is 1.42. The van der Waals surface area contributed by atoms with Crippen LogP contribution in [-0.2, 0) is 0 Å². The Balaban J connectivity index is 2.19. The second kappa shape index (κ2) is 5.29. The summed E-state index contributed by atoms with van der Waals surface area (Å²) in [6, 6.07) is 10.9. The van der Waals surface area contributed by atoms with E-state index in [0.29, 0.717) is 21.3 Å². The van der Waals surface area contributed by atoms with Crippen molar-refractivity contribution in [3.63, 3.8) is 0 Å². The number of carbonyl (C=O) groups is 1. The Kier molecular flexibility index (Phi) is 3.75. The Bertz CT molecular complexity index is 599. The van der Waals surface area contributed by atoms with E-state index in [2.05, 4.69) is 5.32 Å². The molecule has 0 spiro atoms. The Morgan fingerprint density at radius 3 is 2.50 bits per heavy atom. The molecule has 1 amide bonds. The van der Waals surface area contributed by atoms with Crippen molar-refractivity contribution in [3.8, 4) is 5.75 Å². The highest BCUT2D eigenvalue weighted by Crippen LogP contribution is 2.23. The van der Waals surface area contributed by atoms with Crippen molar-refractivity contribution in [1.29, 1.82) is 0 Å². The van der Waals surface area contributed by atoms with Crippen LogP contribution in [0.3, 0.4) is 0 Å². The molecule has 0 atom stereocenters. The van der Waals surface area contributed by atoms with Gasteiger partial charge in [0.25, 0.3) is 5.91 Å². The molecule has 18 heavy (non-hydrogen) atoms. The van der Waals surface area contributed by atoms with E-state index in [1.807, 2.05) is 0 Å². The van der Waals surface area contributed by atoms with Gasteiger partial charge in [-0.25, -0.2) is 0 Å². The summed E-state index contributed by atoms with van der Waals surface area (Å²) in [7, 11) is 0. The molecule has 0 fully saturated rings. The zero-order valence-electron chi connectivity index (χ0n) is 9.15. The first-order valence-electron chi connectivity index (χ1n) is 5.12. The van der Waals surface area contributed by atoms with Crippen LogP contribution in [-0.4, -0.2) is 11.0 Å². The summed E-state index contributed by atoms with van der Waals surface area (Å²) < 4.78 is 0. The lowest BCUT2D eigenvalue weighted by Crippen LogP contribution is -2.11. The van der Waals surface area contributed by atoms with Gasteiger partial charge in [0.1, 0.15) is 5.75 Å². The van der Waals surface area contributed by atoms with Crippen molar-refractivity contribution < 1.29 is 9.90 Å². The van der Waals surface area contributed by atoms with Gasteiger partial charge in [-0.3, -0.25) is 4.79 Å². The summed E-state index contributed by atoms with van der Waals surface area (Å²) in [5.41, 5.74) is 0.902. The number of hydrogen-bond acceptors (Lipinski definition) is 2. The summed E-state index contributed by atoms with van der Waals surface area (Å²) in [6.45, 7) is 0. The highest BCUT2D eigenvalue weighted by atomic mass is 35.5. The molecule has 0 saturated heterocycles. The van der Waals surface area contributed by atoms with Crippen LogP contribution in [0.4, 0.5) is 5.69 Å². The molecule has 0 heterocycles. The van der Waals surface area contributed by atoms with Crippen LogP contribution in [0.1, 0.15) is 10.4 Å². The van der Waals surface area contributed by atoms with E-state index < -0.39 is 0 Å². The molecule has 2 rings (SSSR count). The van der Waals surface area contributed by atoms with Gasteiger partial charge in [0.05, 0.1) is 10.0 Å². The van der Waals surface area contributed by atoms with Gasteiger partial charge < -0.3 is 10.4 Å². The average molecular weight is 282 g/mol. The van der Waals surface area contributed by atoms with Gasteiger partial charge in [-0.05, 0) is 30.3 Å². The topological polar surface area (TPSA) is 49.3 Å². The Morgan fingerprint density at radius 2 is 1.83 bits per heavy atom. The quantitative estimate of drug-likeness (QED) is 0.876. The first-order chi connectivity index (χ1) is 8.56. The van der Waals surface area contributed by atoms with E-state index in [1.54, 1.807) is 24.3 Å². The van der Waals surface area contributed by atoms with Crippen LogP contribution in [0.25, 0.3) is 0 Å². The number of benzene rings is 2. The van der Waals surface area contributed by atoms with Crippen LogP contribution < -0.4 is 5.32 Å². The lowest BCUT2D eigenvalue weighted by atomic mass is 10.2. The molecule has 0 aliphatic rings. The number of amides is 1. The van der Waals surface area contributed by atoms with Crippen molar-refractivity contribution in [2.45, 2.75) is 0 Å². The Hall–Kier alpha value is -1.71. The van der Waals surface area contributed by atoms with E-state index >= 15 is 0 Å². The number of phenols is 1. The summed E-state index contributed by atoms with van der Waals surface area (Å²) >= 11 is 11.6. The van der Waals surface area contributed by atoms with E-state index in [1.165, 1.54) is 18.2 Å². The third kappa shape index (κ3) is 2.94. The maximum absolute atomic E-state index is 11.9. The zero-order valence-corrected chi connectivity index (χ0v) is 10.7. The molecule has 0 aliphatic carbocycles. The Morgan fingerprint density at radius 1 is 1.06 bits per heavy atom. The number of halogens is 2. The van der Waals surface area contributed by atoms with E-state index in [9.17, 15) is 9.90 Å². The number of aromatic hydroxyl groups is 1. The average Bonchev–Trinajstić information content (AvgIpc) is 2.32. The minimum atomic E-state index is -0.320. The third-order valence-electron chi connectivity index (χ3n) is 2.29. The summed E-state index contributed by atoms with van der Waals surface area (Å²) in [6.07, 6.45) is 0. The number of phenolic OH excluding ortho intramolecular Hbond substituents is 1. The molecule has 2 aromatic rings. The number of carbonyl (C=O) groups excluding carboxylic acids is 1. The third-order valence-corrected chi connectivity index (χ3v) is 3.02. The van der Waals surface area contributed by atoms with Crippen LogP contribution >= 0.6 is 23.2 Å². The first kappa shape index (κ1) is 12.7. The lowest BCUT2D eigenvalue weighted by molar-refractivity contribution is 0.102. The monoisotopic (exact) mass is 281 g/mol. The van der Waals surface area contributed by atoms with Gasteiger partial charge in [-0.2, -0.15) is 0 Å². The van der Waals surface area contributed by atoms with Crippen molar-refractivity contribution in [3.05, 3.63) is 58.1 Å².